The molecule has 3 heterocycles. The zero-order valence-electron chi connectivity index (χ0n) is 16.1. The first-order valence-corrected chi connectivity index (χ1v) is 9.72. The van der Waals surface area contributed by atoms with Gasteiger partial charge in [-0.05, 0) is 49.4 Å². The van der Waals surface area contributed by atoms with E-state index >= 15 is 0 Å². The van der Waals surface area contributed by atoms with Gasteiger partial charge in [0.05, 0.1) is 5.56 Å². The van der Waals surface area contributed by atoms with E-state index in [1.165, 1.54) is 12.1 Å². The molecule has 0 aliphatic heterocycles. The third-order valence-corrected chi connectivity index (χ3v) is 5.36. The topological polar surface area (TPSA) is 43.9 Å². The number of hydrogen-bond donors (Lipinski definition) is 0. The minimum absolute atomic E-state index is 0.320. The Morgan fingerprint density at radius 2 is 1.70 bits per heavy atom. The van der Waals surface area contributed by atoms with Crippen molar-refractivity contribution in [3.63, 3.8) is 0 Å². The second-order valence-electron chi connectivity index (χ2n) is 7.33. The second-order valence-corrected chi connectivity index (χ2v) is 7.33. The van der Waals surface area contributed by atoms with Crippen LogP contribution in [-0.2, 0) is 0 Å². The fourth-order valence-corrected chi connectivity index (χ4v) is 4.00. The average Bonchev–Trinajstić information content (AvgIpc) is 3.31. The highest BCUT2D eigenvalue weighted by Gasteiger charge is 2.20. The van der Waals surface area contributed by atoms with Crippen molar-refractivity contribution in [2.75, 3.05) is 0 Å². The minimum Gasteiger partial charge on any atom is -0.455 e. The van der Waals surface area contributed by atoms with E-state index in [1.54, 1.807) is 6.07 Å². The monoisotopic (exact) mass is 393 g/mol. The largest absolute Gasteiger partial charge is 0.455 e. The highest BCUT2D eigenvalue weighted by molar-refractivity contribution is 6.09. The van der Waals surface area contributed by atoms with Crippen molar-refractivity contribution in [2.24, 2.45) is 0 Å². The van der Waals surface area contributed by atoms with E-state index < -0.39 is 0 Å². The Balaban J connectivity index is 1.73. The molecule has 6 rings (SSSR count). The van der Waals surface area contributed by atoms with Gasteiger partial charge >= 0.3 is 0 Å². The molecule has 0 fully saturated rings. The number of halogens is 1. The maximum atomic E-state index is 13.8. The summed E-state index contributed by atoms with van der Waals surface area (Å²) in [6.45, 7) is 1.97. The van der Waals surface area contributed by atoms with Gasteiger partial charge < -0.3 is 4.42 Å². The van der Waals surface area contributed by atoms with E-state index in [4.69, 9.17) is 14.4 Å². The summed E-state index contributed by atoms with van der Waals surface area (Å²) in [5.41, 5.74) is 5.52. The molecule has 30 heavy (non-hydrogen) atoms. The first-order chi connectivity index (χ1) is 14.7. The molecular formula is C25H16FN3O. The fourth-order valence-electron chi connectivity index (χ4n) is 4.00. The molecule has 0 unspecified atom stereocenters. The van der Waals surface area contributed by atoms with E-state index in [9.17, 15) is 4.39 Å². The van der Waals surface area contributed by atoms with Crippen LogP contribution in [0.4, 0.5) is 4.39 Å². The Kier molecular flexibility index (Phi) is 3.53. The van der Waals surface area contributed by atoms with Crippen molar-refractivity contribution in [1.82, 2.24) is 14.5 Å². The zero-order valence-corrected chi connectivity index (χ0v) is 16.1. The average molecular weight is 393 g/mol. The molecule has 0 saturated carbocycles. The molecule has 0 bridgehead atoms. The summed E-state index contributed by atoms with van der Waals surface area (Å²) in [4.78, 5) is 9.66. The molecule has 0 radical (unpaired) electrons. The van der Waals surface area contributed by atoms with Crippen molar-refractivity contribution < 1.29 is 8.81 Å². The molecule has 0 aliphatic rings. The number of fused-ring (bicyclic) bond motifs is 4. The SMILES string of the molecule is Cc1ccc2nc(-c3cccc4c3oc3cc(F)ccc34)n(-c3ccccc3)c2n1. The maximum absolute atomic E-state index is 13.8. The van der Waals surface area contributed by atoms with Gasteiger partial charge in [-0.1, -0.05) is 30.3 Å². The lowest BCUT2D eigenvalue weighted by molar-refractivity contribution is 0.618. The Bertz CT molecular complexity index is 1560. The van der Waals surface area contributed by atoms with E-state index in [0.29, 0.717) is 11.2 Å². The zero-order chi connectivity index (χ0) is 20.2. The molecule has 0 amide bonds. The van der Waals surface area contributed by atoms with Gasteiger partial charge in [-0.15, -0.1) is 0 Å². The Morgan fingerprint density at radius 3 is 2.57 bits per heavy atom. The van der Waals surface area contributed by atoms with Crippen molar-refractivity contribution in [3.05, 3.63) is 90.4 Å². The Morgan fingerprint density at radius 1 is 0.833 bits per heavy atom. The molecule has 4 nitrogen and oxygen atoms in total. The number of aryl methyl sites for hydroxylation is 1. The summed E-state index contributed by atoms with van der Waals surface area (Å²) in [7, 11) is 0. The van der Waals surface area contributed by atoms with Crippen LogP contribution in [0.5, 0.6) is 0 Å². The Labute approximate surface area is 171 Å². The van der Waals surface area contributed by atoms with Gasteiger partial charge in [-0.25, -0.2) is 14.4 Å². The second kappa shape index (κ2) is 6.26. The van der Waals surface area contributed by atoms with E-state index in [0.717, 1.165) is 44.7 Å². The summed E-state index contributed by atoms with van der Waals surface area (Å²) in [5.74, 6) is 0.415. The molecule has 0 aliphatic carbocycles. The number of benzene rings is 3. The third-order valence-electron chi connectivity index (χ3n) is 5.36. The van der Waals surface area contributed by atoms with E-state index in [2.05, 4.69) is 0 Å². The summed E-state index contributed by atoms with van der Waals surface area (Å²) in [6, 6.07) is 24.5. The summed E-state index contributed by atoms with van der Waals surface area (Å²) in [6.07, 6.45) is 0. The Hall–Kier alpha value is -3.99. The van der Waals surface area contributed by atoms with E-state index in [-0.39, 0.29) is 5.82 Å². The standard InChI is InChI=1S/C25H16FN3O/c1-15-10-13-21-25(27-15)29(17-6-3-2-4-7-17)24(28-21)20-9-5-8-19-18-12-11-16(26)14-22(18)30-23(19)20/h2-14H,1H3. The van der Waals surface area contributed by atoms with Crippen molar-refractivity contribution >= 4 is 33.1 Å². The van der Waals surface area contributed by atoms with Crippen LogP contribution >= 0.6 is 0 Å². The van der Waals surface area contributed by atoms with Gasteiger partial charge in [0, 0.05) is 28.2 Å². The van der Waals surface area contributed by atoms with Crippen LogP contribution in [0, 0.1) is 12.7 Å². The van der Waals surface area contributed by atoms with Crippen LogP contribution in [0.3, 0.4) is 0 Å². The van der Waals surface area contributed by atoms with Gasteiger partial charge in [0.25, 0.3) is 0 Å². The van der Waals surface area contributed by atoms with Gasteiger partial charge in [-0.3, -0.25) is 4.57 Å². The number of aromatic nitrogens is 3. The molecule has 5 heteroatoms. The van der Waals surface area contributed by atoms with Crippen LogP contribution in [0.25, 0.3) is 50.2 Å². The number of rotatable bonds is 2. The lowest BCUT2D eigenvalue weighted by Crippen LogP contribution is -1.99. The van der Waals surface area contributed by atoms with Gasteiger partial charge in [0.15, 0.2) is 11.5 Å². The number of para-hydroxylation sites is 2. The quantitative estimate of drug-likeness (QED) is 0.340. The molecule has 6 aromatic rings. The molecule has 0 saturated heterocycles. The van der Waals surface area contributed by atoms with Crippen LogP contribution in [0.1, 0.15) is 5.69 Å². The fraction of sp³-hybridized carbons (Fsp3) is 0.0400. The first-order valence-electron chi connectivity index (χ1n) is 9.72. The molecule has 3 aromatic carbocycles. The highest BCUT2D eigenvalue weighted by atomic mass is 19.1. The molecular weight excluding hydrogens is 377 g/mol. The maximum Gasteiger partial charge on any atom is 0.165 e. The first kappa shape index (κ1) is 16.9. The number of pyridine rings is 1. The summed E-state index contributed by atoms with van der Waals surface area (Å²) in [5, 5.41) is 1.81. The predicted molar refractivity (Wildman–Crippen MR) is 116 cm³/mol. The highest BCUT2D eigenvalue weighted by Crippen LogP contribution is 2.37. The lowest BCUT2D eigenvalue weighted by atomic mass is 10.1. The number of furan rings is 1. The van der Waals surface area contributed by atoms with Crippen molar-refractivity contribution in [3.8, 4) is 17.1 Å². The van der Waals surface area contributed by atoms with Crippen LogP contribution in [-0.4, -0.2) is 14.5 Å². The van der Waals surface area contributed by atoms with Gasteiger partial charge in [-0.2, -0.15) is 0 Å². The van der Waals surface area contributed by atoms with Crippen molar-refractivity contribution in [2.45, 2.75) is 6.92 Å². The van der Waals surface area contributed by atoms with Crippen LogP contribution < -0.4 is 0 Å². The number of hydrogen-bond acceptors (Lipinski definition) is 3. The van der Waals surface area contributed by atoms with E-state index in [1.807, 2.05) is 72.2 Å². The number of nitrogens with zero attached hydrogens (tertiary/aromatic N) is 3. The van der Waals surface area contributed by atoms with Crippen LogP contribution in [0.2, 0.25) is 0 Å². The predicted octanol–water partition coefficient (Wildman–Crippen LogP) is 6.43. The molecule has 144 valence electrons. The van der Waals surface area contributed by atoms with Gasteiger partial charge in [0.2, 0.25) is 0 Å². The smallest absolute Gasteiger partial charge is 0.165 e. The minimum atomic E-state index is -0.320. The summed E-state index contributed by atoms with van der Waals surface area (Å²) < 4.78 is 21.9. The van der Waals surface area contributed by atoms with Crippen molar-refractivity contribution in [1.29, 1.82) is 0 Å². The molecule has 0 N–H and O–H groups in total. The molecule has 0 spiro atoms. The normalized spacial score (nSPS) is 11.7. The third kappa shape index (κ3) is 2.45. The molecule has 0 atom stereocenters. The number of imidazole rings is 1. The van der Waals surface area contributed by atoms with Gasteiger partial charge in [0.1, 0.15) is 22.5 Å². The summed E-state index contributed by atoms with van der Waals surface area (Å²) >= 11 is 0. The van der Waals surface area contributed by atoms with Crippen LogP contribution in [0.15, 0.2) is 83.3 Å². The molecule has 3 aromatic heterocycles. The lowest BCUT2D eigenvalue weighted by Gasteiger charge is -2.09.